The molecule has 0 spiro atoms. The quantitative estimate of drug-likeness (QED) is 0.892. The van der Waals surface area contributed by atoms with E-state index in [9.17, 15) is 18.3 Å². The van der Waals surface area contributed by atoms with Crippen LogP contribution in [-0.2, 0) is 5.60 Å². The summed E-state index contributed by atoms with van der Waals surface area (Å²) in [6, 6.07) is 5.10. The van der Waals surface area contributed by atoms with Crippen molar-refractivity contribution < 1.29 is 18.3 Å². The fourth-order valence-electron chi connectivity index (χ4n) is 1.65. The minimum atomic E-state index is -1.70. The van der Waals surface area contributed by atoms with Gasteiger partial charge in [0.1, 0.15) is 23.1 Å². The number of benzene rings is 1. The molecule has 0 aliphatic carbocycles. The van der Waals surface area contributed by atoms with Crippen LogP contribution in [0, 0.1) is 17.5 Å². The van der Waals surface area contributed by atoms with Crippen molar-refractivity contribution in [2.45, 2.75) is 12.5 Å². The second-order valence-corrected chi connectivity index (χ2v) is 4.09. The Bertz CT molecular complexity index is 547. The third-order valence-corrected chi connectivity index (χ3v) is 2.65. The second-order valence-electron chi connectivity index (χ2n) is 4.09. The van der Waals surface area contributed by atoms with E-state index in [-0.39, 0.29) is 11.3 Å². The van der Waals surface area contributed by atoms with Crippen LogP contribution in [0.4, 0.5) is 13.2 Å². The third kappa shape index (κ3) is 2.36. The van der Waals surface area contributed by atoms with Crippen LogP contribution in [-0.4, -0.2) is 10.1 Å². The Labute approximate surface area is 102 Å². The van der Waals surface area contributed by atoms with Gasteiger partial charge >= 0.3 is 0 Å². The molecule has 1 heterocycles. The van der Waals surface area contributed by atoms with Crippen LogP contribution < -0.4 is 0 Å². The summed E-state index contributed by atoms with van der Waals surface area (Å²) in [4.78, 5) is 3.72. The zero-order chi connectivity index (χ0) is 13.3. The Morgan fingerprint density at radius 3 is 2.11 bits per heavy atom. The van der Waals surface area contributed by atoms with Crippen molar-refractivity contribution in [1.29, 1.82) is 0 Å². The Morgan fingerprint density at radius 2 is 1.61 bits per heavy atom. The maximum absolute atomic E-state index is 13.1. The standard InChI is InChI=1S/C13H10F3NO/c1-13(18,12-3-2-9(14)7-17-12)8-4-10(15)6-11(16)5-8/h2-7,18H,1H3. The number of aliphatic hydroxyl groups is 1. The highest BCUT2D eigenvalue weighted by Gasteiger charge is 2.28. The minimum absolute atomic E-state index is 0.0131. The smallest absolute Gasteiger partial charge is 0.141 e. The van der Waals surface area contributed by atoms with Gasteiger partial charge in [-0.2, -0.15) is 0 Å². The average Bonchev–Trinajstić information content (AvgIpc) is 2.28. The van der Waals surface area contributed by atoms with Gasteiger partial charge in [-0.05, 0) is 36.8 Å². The molecule has 0 radical (unpaired) electrons. The first kappa shape index (κ1) is 12.6. The first-order valence-corrected chi connectivity index (χ1v) is 5.20. The van der Waals surface area contributed by atoms with Gasteiger partial charge in [0.25, 0.3) is 0 Å². The van der Waals surface area contributed by atoms with Crippen molar-refractivity contribution in [1.82, 2.24) is 4.98 Å². The fraction of sp³-hybridized carbons (Fsp3) is 0.154. The maximum atomic E-state index is 13.1. The van der Waals surface area contributed by atoms with E-state index in [1.54, 1.807) is 0 Å². The highest BCUT2D eigenvalue weighted by Crippen LogP contribution is 2.28. The van der Waals surface area contributed by atoms with E-state index >= 15 is 0 Å². The molecule has 18 heavy (non-hydrogen) atoms. The van der Waals surface area contributed by atoms with Gasteiger partial charge in [0.15, 0.2) is 0 Å². The molecule has 0 aliphatic heterocycles. The first-order valence-electron chi connectivity index (χ1n) is 5.20. The summed E-state index contributed by atoms with van der Waals surface area (Å²) >= 11 is 0. The molecule has 0 bridgehead atoms. The molecule has 1 aromatic heterocycles. The Hall–Kier alpha value is -1.88. The minimum Gasteiger partial charge on any atom is -0.379 e. The molecule has 1 N–H and O–H groups in total. The molecule has 1 aromatic carbocycles. The molecular weight excluding hydrogens is 243 g/mol. The fourth-order valence-corrected chi connectivity index (χ4v) is 1.65. The Balaban J connectivity index is 2.49. The molecule has 2 aromatic rings. The SMILES string of the molecule is CC(O)(c1cc(F)cc(F)c1)c1ccc(F)cn1. The highest BCUT2D eigenvalue weighted by atomic mass is 19.1. The molecule has 94 valence electrons. The van der Waals surface area contributed by atoms with Gasteiger partial charge in [0.05, 0.1) is 11.9 Å². The van der Waals surface area contributed by atoms with Crippen LogP contribution in [0.25, 0.3) is 0 Å². The van der Waals surface area contributed by atoms with E-state index in [0.717, 1.165) is 24.4 Å². The first-order chi connectivity index (χ1) is 8.39. The summed E-state index contributed by atoms with van der Waals surface area (Å²) in [5, 5.41) is 10.3. The van der Waals surface area contributed by atoms with Gasteiger partial charge in [-0.3, -0.25) is 4.98 Å². The Morgan fingerprint density at radius 1 is 1.00 bits per heavy atom. The topological polar surface area (TPSA) is 33.1 Å². The predicted molar refractivity (Wildman–Crippen MR) is 59.2 cm³/mol. The number of hydrogen-bond acceptors (Lipinski definition) is 2. The summed E-state index contributed by atoms with van der Waals surface area (Å²) in [5.41, 5.74) is -1.58. The van der Waals surface area contributed by atoms with Crippen molar-refractivity contribution in [3.05, 3.63) is 65.2 Å². The van der Waals surface area contributed by atoms with Crippen LogP contribution in [0.15, 0.2) is 36.5 Å². The van der Waals surface area contributed by atoms with E-state index in [1.807, 2.05) is 0 Å². The molecule has 1 unspecified atom stereocenters. The van der Waals surface area contributed by atoms with E-state index in [0.29, 0.717) is 6.07 Å². The second kappa shape index (κ2) is 4.42. The number of nitrogens with zero attached hydrogens (tertiary/aromatic N) is 1. The molecule has 0 fully saturated rings. The van der Waals surface area contributed by atoms with Crippen molar-refractivity contribution in [2.75, 3.05) is 0 Å². The maximum Gasteiger partial charge on any atom is 0.141 e. The van der Waals surface area contributed by atoms with Gasteiger partial charge in [-0.1, -0.05) is 0 Å². The molecule has 1 atom stereocenters. The van der Waals surface area contributed by atoms with E-state index in [2.05, 4.69) is 4.98 Å². The lowest BCUT2D eigenvalue weighted by molar-refractivity contribution is 0.0964. The molecule has 0 saturated carbocycles. The van der Waals surface area contributed by atoms with E-state index in [4.69, 9.17) is 0 Å². The van der Waals surface area contributed by atoms with E-state index < -0.39 is 23.1 Å². The summed E-state index contributed by atoms with van der Waals surface area (Å²) in [6.07, 6.45) is 0.930. The molecule has 2 nitrogen and oxygen atoms in total. The number of rotatable bonds is 2. The number of hydrogen-bond donors (Lipinski definition) is 1. The summed E-state index contributed by atoms with van der Waals surface area (Å²) < 4.78 is 39.0. The van der Waals surface area contributed by atoms with Crippen LogP contribution in [0.2, 0.25) is 0 Å². The Kier molecular flexibility index (Phi) is 3.09. The predicted octanol–water partition coefficient (Wildman–Crippen LogP) is 2.75. The molecular formula is C13H10F3NO. The van der Waals surface area contributed by atoms with Gasteiger partial charge in [0, 0.05) is 6.07 Å². The average molecular weight is 253 g/mol. The van der Waals surface area contributed by atoms with Crippen molar-refractivity contribution >= 4 is 0 Å². The molecule has 0 amide bonds. The van der Waals surface area contributed by atoms with Crippen molar-refractivity contribution in [2.24, 2.45) is 0 Å². The van der Waals surface area contributed by atoms with Crippen LogP contribution in [0.3, 0.4) is 0 Å². The lowest BCUT2D eigenvalue weighted by Gasteiger charge is -2.23. The van der Waals surface area contributed by atoms with Gasteiger partial charge in [-0.15, -0.1) is 0 Å². The lowest BCUT2D eigenvalue weighted by Crippen LogP contribution is -2.24. The number of pyridine rings is 1. The van der Waals surface area contributed by atoms with Crippen LogP contribution in [0.5, 0.6) is 0 Å². The normalized spacial score (nSPS) is 14.3. The van der Waals surface area contributed by atoms with Gasteiger partial charge in [-0.25, -0.2) is 13.2 Å². The zero-order valence-electron chi connectivity index (χ0n) is 9.49. The van der Waals surface area contributed by atoms with Crippen molar-refractivity contribution in [3.8, 4) is 0 Å². The summed E-state index contributed by atoms with van der Waals surface area (Å²) in [6.45, 7) is 1.33. The molecule has 5 heteroatoms. The third-order valence-electron chi connectivity index (χ3n) is 2.65. The largest absolute Gasteiger partial charge is 0.379 e. The monoisotopic (exact) mass is 253 g/mol. The number of halogens is 3. The molecule has 0 aliphatic rings. The lowest BCUT2D eigenvalue weighted by atomic mass is 9.92. The van der Waals surface area contributed by atoms with E-state index in [1.165, 1.54) is 13.0 Å². The van der Waals surface area contributed by atoms with Crippen LogP contribution in [0.1, 0.15) is 18.2 Å². The summed E-state index contributed by atoms with van der Waals surface area (Å²) in [5.74, 6) is -2.15. The molecule has 2 rings (SSSR count). The van der Waals surface area contributed by atoms with Crippen molar-refractivity contribution in [3.63, 3.8) is 0 Å². The molecule has 0 saturated heterocycles. The van der Waals surface area contributed by atoms with Crippen LogP contribution >= 0.6 is 0 Å². The highest BCUT2D eigenvalue weighted by molar-refractivity contribution is 5.32. The van der Waals surface area contributed by atoms with Gasteiger partial charge < -0.3 is 5.11 Å². The summed E-state index contributed by atoms with van der Waals surface area (Å²) in [7, 11) is 0. The van der Waals surface area contributed by atoms with Gasteiger partial charge in [0.2, 0.25) is 0 Å². The number of aromatic nitrogens is 1. The zero-order valence-corrected chi connectivity index (χ0v) is 9.49.